The SMILES string of the molecule is N#Cc1cc(F)c(C(=O)O)c(S)c1. The van der Waals surface area contributed by atoms with E-state index in [1.807, 2.05) is 0 Å². The third kappa shape index (κ3) is 1.79. The Morgan fingerprint density at radius 3 is 2.62 bits per heavy atom. The number of aromatic carboxylic acids is 1. The van der Waals surface area contributed by atoms with E-state index in [2.05, 4.69) is 12.6 Å². The van der Waals surface area contributed by atoms with Crippen LogP contribution in [0.1, 0.15) is 15.9 Å². The molecule has 1 rings (SSSR count). The van der Waals surface area contributed by atoms with Gasteiger partial charge in [0.1, 0.15) is 11.4 Å². The monoisotopic (exact) mass is 197 g/mol. The number of nitrogens with zero attached hydrogens (tertiary/aromatic N) is 1. The zero-order chi connectivity index (χ0) is 10.0. The number of benzene rings is 1. The Hall–Kier alpha value is -1.54. The highest BCUT2D eigenvalue weighted by atomic mass is 32.1. The van der Waals surface area contributed by atoms with Gasteiger partial charge < -0.3 is 5.11 Å². The van der Waals surface area contributed by atoms with Crippen LogP contribution in [0.2, 0.25) is 0 Å². The molecule has 0 unspecified atom stereocenters. The van der Waals surface area contributed by atoms with Crippen molar-refractivity contribution in [1.82, 2.24) is 0 Å². The first-order chi connectivity index (χ1) is 6.06. The predicted octanol–water partition coefficient (Wildman–Crippen LogP) is 1.68. The zero-order valence-corrected chi connectivity index (χ0v) is 7.18. The molecule has 66 valence electrons. The van der Waals surface area contributed by atoms with E-state index in [-0.39, 0.29) is 10.5 Å². The molecule has 0 spiro atoms. The number of thiol groups is 1. The van der Waals surface area contributed by atoms with Crippen LogP contribution < -0.4 is 0 Å². The summed E-state index contributed by atoms with van der Waals surface area (Å²) in [7, 11) is 0. The van der Waals surface area contributed by atoms with Crippen LogP contribution >= 0.6 is 12.6 Å². The Balaban J connectivity index is 3.42. The van der Waals surface area contributed by atoms with Crippen molar-refractivity contribution in [3.8, 4) is 6.07 Å². The first kappa shape index (κ1) is 9.55. The number of halogens is 1. The Morgan fingerprint density at radius 1 is 1.62 bits per heavy atom. The molecule has 13 heavy (non-hydrogen) atoms. The second kappa shape index (κ2) is 3.46. The lowest BCUT2D eigenvalue weighted by Gasteiger charge is -2.01. The van der Waals surface area contributed by atoms with Crippen LogP contribution in [0.3, 0.4) is 0 Å². The van der Waals surface area contributed by atoms with Crippen LogP contribution in [0, 0.1) is 17.1 Å². The molecule has 0 fully saturated rings. The van der Waals surface area contributed by atoms with Crippen molar-refractivity contribution in [2.75, 3.05) is 0 Å². The molecule has 5 heteroatoms. The minimum absolute atomic E-state index is 0.0486. The maximum atomic E-state index is 13.0. The van der Waals surface area contributed by atoms with E-state index in [9.17, 15) is 9.18 Å². The number of hydrogen-bond acceptors (Lipinski definition) is 3. The third-order valence-corrected chi connectivity index (χ3v) is 1.77. The highest BCUT2D eigenvalue weighted by Gasteiger charge is 2.15. The standard InChI is InChI=1S/C8H4FNO2S/c9-5-1-4(3-10)2-6(13)7(5)8(11)12/h1-2,13H,(H,11,12). The summed E-state index contributed by atoms with van der Waals surface area (Å²) in [5, 5.41) is 17.0. The van der Waals surface area contributed by atoms with E-state index >= 15 is 0 Å². The number of rotatable bonds is 1. The zero-order valence-electron chi connectivity index (χ0n) is 6.28. The van der Waals surface area contributed by atoms with Gasteiger partial charge in [0.25, 0.3) is 0 Å². The molecule has 0 radical (unpaired) electrons. The Morgan fingerprint density at radius 2 is 2.23 bits per heavy atom. The average Bonchev–Trinajstić information content (AvgIpc) is 2.02. The van der Waals surface area contributed by atoms with Crippen LogP contribution in [0.5, 0.6) is 0 Å². The smallest absolute Gasteiger partial charge is 0.339 e. The molecule has 0 aliphatic rings. The van der Waals surface area contributed by atoms with Gasteiger partial charge in [0, 0.05) is 4.90 Å². The second-order valence-electron chi connectivity index (χ2n) is 2.27. The van der Waals surface area contributed by atoms with Gasteiger partial charge in [-0.15, -0.1) is 12.6 Å². The van der Waals surface area contributed by atoms with Crippen molar-refractivity contribution >= 4 is 18.6 Å². The van der Waals surface area contributed by atoms with E-state index in [1.165, 1.54) is 6.07 Å². The molecule has 0 bridgehead atoms. The quantitative estimate of drug-likeness (QED) is 0.673. The predicted molar refractivity (Wildman–Crippen MR) is 45.3 cm³/mol. The molecule has 0 atom stereocenters. The number of carboxylic acid groups (broad SMARTS) is 1. The number of nitriles is 1. The van der Waals surface area contributed by atoms with Crippen LogP contribution in [-0.4, -0.2) is 11.1 Å². The highest BCUT2D eigenvalue weighted by Crippen LogP contribution is 2.19. The Bertz CT molecular complexity index is 388. The van der Waals surface area contributed by atoms with Gasteiger partial charge in [-0.1, -0.05) is 0 Å². The topological polar surface area (TPSA) is 61.1 Å². The first-order valence-electron chi connectivity index (χ1n) is 3.22. The van der Waals surface area contributed by atoms with Gasteiger partial charge in [0.05, 0.1) is 11.6 Å². The van der Waals surface area contributed by atoms with Crippen molar-refractivity contribution < 1.29 is 14.3 Å². The van der Waals surface area contributed by atoms with Crippen molar-refractivity contribution in [3.63, 3.8) is 0 Å². The maximum absolute atomic E-state index is 13.0. The number of carboxylic acids is 1. The summed E-state index contributed by atoms with van der Waals surface area (Å²) in [4.78, 5) is 10.4. The fourth-order valence-electron chi connectivity index (χ4n) is 0.868. The summed E-state index contributed by atoms with van der Waals surface area (Å²) >= 11 is 3.76. The molecule has 3 nitrogen and oxygen atoms in total. The minimum Gasteiger partial charge on any atom is -0.478 e. The van der Waals surface area contributed by atoms with Gasteiger partial charge in [0.2, 0.25) is 0 Å². The Labute approximate surface area is 78.8 Å². The molecule has 0 saturated carbocycles. The average molecular weight is 197 g/mol. The van der Waals surface area contributed by atoms with E-state index < -0.39 is 17.3 Å². The summed E-state index contributed by atoms with van der Waals surface area (Å²) in [6.45, 7) is 0. The van der Waals surface area contributed by atoms with Gasteiger partial charge in [-0.25, -0.2) is 9.18 Å². The van der Waals surface area contributed by atoms with Gasteiger partial charge in [-0.05, 0) is 12.1 Å². The molecule has 0 heterocycles. The molecule has 1 N–H and O–H groups in total. The first-order valence-corrected chi connectivity index (χ1v) is 3.67. The fraction of sp³-hybridized carbons (Fsp3) is 0. The molecule has 1 aromatic carbocycles. The normalized spacial score (nSPS) is 9.31. The van der Waals surface area contributed by atoms with E-state index in [0.717, 1.165) is 6.07 Å². The number of carbonyl (C=O) groups is 1. The molecule has 0 amide bonds. The molecule has 0 saturated heterocycles. The minimum atomic E-state index is -1.40. The number of hydrogen-bond donors (Lipinski definition) is 2. The summed E-state index contributed by atoms with van der Waals surface area (Å²) in [6.07, 6.45) is 0. The largest absolute Gasteiger partial charge is 0.478 e. The van der Waals surface area contributed by atoms with Gasteiger partial charge in [-0.3, -0.25) is 0 Å². The van der Waals surface area contributed by atoms with E-state index in [4.69, 9.17) is 10.4 Å². The van der Waals surface area contributed by atoms with Gasteiger partial charge in [0.15, 0.2) is 0 Å². The maximum Gasteiger partial charge on any atom is 0.339 e. The lowest BCUT2D eigenvalue weighted by atomic mass is 10.1. The molecule has 0 aromatic heterocycles. The van der Waals surface area contributed by atoms with Gasteiger partial charge >= 0.3 is 5.97 Å². The van der Waals surface area contributed by atoms with Crippen LogP contribution in [0.25, 0.3) is 0 Å². The summed E-state index contributed by atoms with van der Waals surface area (Å²) < 4.78 is 13.0. The van der Waals surface area contributed by atoms with Crippen LogP contribution in [0.4, 0.5) is 4.39 Å². The van der Waals surface area contributed by atoms with Crippen molar-refractivity contribution in [2.45, 2.75) is 4.90 Å². The van der Waals surface area contributed by atoms with Crippen molar-refractivity contribution in [1.29, 1.82) is 5.26 Å². The van der Waals surface area contributed by atoms with Crippen molar-refractivity contribution in [2.24, 2.45) is 0 Å². The molecule has 0 aliphatic carbocycles. The summed E-state index contributed by atoms with van der Waals surface area (Å²) in [6, 6.07) is 3.76. The van der Waals surface area contributed by atoms with Crippen LogP contribution in [-0.2, 0) is 0 Å². The third-order valence-electron chi connectivity index (χ3n) is 1.41. The van der Waals surface area contributed by atoms with Crippen molar-refractivity contribution in [3.05, 3.63) is 29.1 Å². The van der Waals surface area contributed by atoms with Gasteiger partial charge in [-0.2, -0.15) is 5.26 Å². The molecular formula is C8H4FNO2S. The second-order valence-corrected chi connectivity index (χ2v) is 2.75. The molecule has 0 aliphatic heterocycles. The lowest BCUT2D eigenvalue weighted by molar-refractivity contribution is 0.0688. The molecule has 1 aromatic rings. The summed E-state index contributed by atoms with van der Waals surface area (Å²) in [5.41, 5.74) is -0.463. The van der Waals surface area contributed by atoms with E-state index in [1.54, 1.807) is 6.07 Å². The fourth-order valence-corrected chi connectivity index (χ4v) is 1.21. The lowest BCUT2D eigenvalue weighted by Crippen LogP contribution is -2.02. The Kier molecular flexibility index (Phi) is 2.54. The summed E-state index contributed by atoms with van der Waals surface area (Å²) in [5.74, 6) is -2.34. The molecular weight excluding hydrogens is 193 g/mol. The highest BCUT2D eigenvalue weighted by molar-refractivity contribution is 7.80. The van der Waals surface area contributed by atoms with E-state index in [0.29, 0.717) is 0 Å². The van der Waals surface area contributed by atoms with Crippen LogP contribution in [0.15, 0.2) is 17.0 Å².